The van der Waals surface area contributed by atoms with E-state index >= 15 is 0 Å². The molecule has 2 aromatic carbocycles. The first-order valence-corrected chi connectivity index (χ1v) is 15.3. The molecule has 3 heterocycles. The number of hydrogen-bond donors (Lipinski definition) is 4. The van der Waals surface area contributed by atoms with E-state index in [9.17, 15) is 24.0 Å². The van der Waals surface area contributed by atoms with E-state index in [2.05, 4.69) is 16.0 Å². The summed E-state index contributed by atoms with van der Waals surface area (Å²) in [6, 6.07) is 16.2. The highest BCUT2D eigenvalue weighted by atomic mass is 16.2. The third-order valence-electron chi connectivity index (χ3n) is 9.05. The summed E-state index contributed by atoms with van der Waals surface area (Å²) in [5.41, 5.74) is 6.10. The molecule has 44 heavy (non-hydrogen) atoms. The van der Waals surface area contributed by atoms with E-state index in [0.29, 0.717) is 58.0 Å². The number of primary amides is 1. The molecule has 5 N–H and O–H groups in total. The number of rotatable bonds is 11. The van der Waals surface area contributed by atoms with Crippen molar-refractivity contribution in [3.63, 3.8) is 0 Å². The summed E-state index contributed by atoms with van der Waals surface area (Å²) >= 11 is 0. The highest BCUT2D eigenvalue weighted by Crippen LogP contribution is 2.37. The molecule has 2 aliphatic heterocycles. The van der Waals surface area contributed by atoms with E-state index in [1.165, 1.54) is 16.4 Å². The van der Waals surface area contributed by atoms with Crippen molar-refractivity contribution in [2.75, 3.05) is 13.1 Å². The number of carbonyl (C=O) groups is 3. The second kappa shape index (κ2) is 13.5. The van der Waals surface area contributed by atoms with Gasteiger partial charge >= 0.3 is 11.4 Å². The summed E-state index contributed by atoms with van der Waals surface area (Å²) in [5.74, 6) is -1.72. The number of fused-ring (bicyclic) bond motifs is 2. The number of benzene rings is 2. The molecule has 12 nitrogen and oxygen atoms in total. The Bertz CT molecular complexity index is 1590. The Morgan fingerprint density at radius 3 is 2.00 bits per heavy atom. The first kappa shape index (κ1) is 31.0. The van der Waals surface area contributed by atoms with Gasteiger partial charge in [-0.15, -0.1) is 0 Å². The van der Waals surface area contributed by atoms with Crippen molar-refractivity contribution < 1.29 is 14.4 Å². The number of aryl methyl sites for hydroxylation is 2. The Labute approximate surface area is 255 Å². The molecule has 1 fully saturated rings. The maximum atomic E-state index is 13.9. The van der Waals surface area contributed by atoms with Crippen LogP contribution in [0.4, 0.5) is 0 Å². The van der Waals surface area contributed by atoms with Crippen molar-refractivity contribution in [1.82, 2.24) is 29.9 Å². The maximum absolute atomic E-state index is 13.9. The molecule has 1 unspecified atom stereocenters. The minimum Gasteiger partial charge on any atom is -0.368 e. The van der Waals surface area contributed by atoms with Crippen LogP contribution in [-0.2, 0) is 39.8 Å². The molecule has 0 saturated carbocycles. The Balaban J connectivity index is 1.37. The maximum Gasteiger partial charge on any atom is 0.347 e. The molecule has 1 aromatic heterocycles. The summed E-state index contributed by atoms with van der Waals surface area (Å²) in [5, 5.41) is 8.93. The van der Waals surface area contributed by atoms with Gasteiger partial charge < -0.3 is 21.7 Å². The molecular weight excluding hydrogens is 562 g/mol. The Kier molecular flexibility index (Phi) is 9.48. The summed E-state index contributed by atoms with van der Waals surface area (Å²) in [6.07, 6.45) is 3.82. The third kappa shape index (κ3) is 6.54. The summed E-state index contributed by atoms with van der Waals surface area (Å²) in [6.45, 7) is 1.42. The molecule has 12 heteroatoms. The van der Waals surface area contributed by atoms with Gasteiger partial charge in [-0.2, -0.15) is 0 Å². The molecular formula is C32H41N7O5. The summed E-state index contributed by atoms with van der Waals surface area (Å²) in [4.78, 5) is 66.4. The average molecular weight is 604 g/mol. The SMILES string of the molecule is Cn1c(=O)n2n(c1=O)C1(CCNCC1)CCC2C(=O)N[C@@H](CCc1ccccc1)C(=O)N[C@@H](CCc1ccccc1)C(N)=O. The molecule has 0 radical (unpaired) electrons. The minimum atomic E-state index is -1.00. The fraction of sp³-hybridized carbons (Fsp3) is 0.469. The van der Waals surface area contributed by atoms with Crippen molar-refractivity contribution in [2.24, 2.45) is 12.8 Å². The Hall–Kier alpha value is -4.45. The number of nitrogens with one attached hydrogen (secondary N) is 3. The highest BCUT2D eigenvalue weighted by molar-refractivity contribution is 5.92. The zero-order valence-electron chi connectivity index (χ0n) is 25.0. The number of aromatic nitrogens is 3. The largest absolute Gasteiger partial charge is 0.368 e. The van der Waals surface area contributed by atoms with Crippen LogP contribution < -0.4 is 33.1 Å². The van der Waals surface area contributed by atoms with Crippen LogP contribution in [-0.4, -0.2) is 56.8 Å². The molecule has 1 saturated heterocycles. The van der Waals surface area contributed by atoms with E-state index in [-0.39, 0.29) is 6.42 Å². The van der Waals surface area contributed by atoms with Gasteiger partial charge in [-0.25, -0.2) is 23.5 Å². The zero-order valence-corrected chi connectivity index (χ0v) is 25.0. The van der Waals surface area contributed by atoms with Gasteiger partial charge in [0, 0.05) is 7.05 Å². The monoisotopic (exact) mass is 603 g/mol. The van der Waals surface area contributed by atoms with Gasteiger partial charge in [0.15, 0.2) is 0 Å². The van der Waals surface area contributed by atoms with Gasteiger partial charge in [0.05, 0.1) is 5.54 Å². The predicted molar refractivity (Wildman–Crippen MR) is 165 cm³/mol. The Morgan fingerprint density at radius 1 is 0.864 bits per heavy atom. The molecule has 5 rings (SSSR count). The van der Waals surface area contributed by atoms with Gasteiger partial charge in [0.25, 0.3) is 0 Å². The van der Waals surface area contributed by atoms with Gasteiger partial charge in [-0.3, -0.25) is 14.4 Å². The number of carbonyl (C=O) groups excluding carboxylic acids is 3. The summed E-state index contributed by atoms with van der Waals surface area (Å²) in [7, 11) is 1.42. The van der Waals surface area contributed by atoms with Crippen molar-refractivity contribution >= 4 is 17.7 Å². The van der Waals surface area contributed by atoms with E-state index in [1.807, 2.05) is 60.7 Å². The first-order valence-electron chi connectivity index (χ1n) is 15.3. The molecule has 3 aromatic rings. The van der Waals surface area contributed by atoms with Crippen LogP contribution in [0.2, 0.25) is 0 Å². The van der Waals surface area contributed by atoms with Crippen LogP contribution in [0.1, 0.15) is 55.7 Å². The van der Waals surface area contributed by atoms with Crippen LogP contribution in [0.15, 0.2) is 70.3 Å². The number of nitrogens with two attached hydrogens (primary N) is 1. The molecule has 234 valence electrons. The zero-order chi connectivity index (χ0) is 31.3. The van der Waals surface area contributed by atoms with Crippen LogP contribution in [0.5, 0.6) is 0 Å². The number of nitrogens with zero attached hydrogens (tertiary/aromatic N) is 3. The van der Waals surface area contributed by atoms with Crippen molar-refractivity contribution in [1.29, 1.82) is 0 Å². The fourth-order valence-corrected chi connectivity index (χ4v) is 6.50. The van der Waals surface area contributed by atoms with Crippen LogP contribution >= 0.6 is 0 Å². The minimum absolute atomic E-state index is 0.255. The lowest BCUT2D eigenvalue weighted by Crippen LogP contribution is -2.58. The van der Waals surface area contributed by atoms with E-state index < -0.39 is 52.8 Å². The molecule has 1 spiro atoms. The van der Waals surface area contributed by atoms with Gasteiger partial charge in [0.1, 0.15) is 18.1 Å². The lowest BCUT2D eigenvalue weighted by molar-refractivity contribution is -0.133. The van der Waals surface area contributed by atoms with E-state index in [0.717, 1.165) is 15.7 Å². The van der Waals surface area contributed by atoms with Crippen LogP contribution in [0, 0.1) is 0 Å². The molecule has 0 bridgehead atoms. The van der Waals surface area contributed by atoms with Crippen LogP contribution in [0.25, 0.3) is 0 Å². The fourth-order valence-electron chi connectivity index (χ4n) is 6.50. The van der Waals surface area contributed by atoms with Gasteiger partial charge in [0.2, 0.25) is 17.7 Å². The molecule has 0 aliphatic carbocycles. The topological polar surface area (TPSA) is 162 Å². The molecule has 3 amide bonds. The van der Waals surface area contributed by atoms with E-state index in [1.54, 1.807) is 0 Å². The highest BCUT2D eigenvalue weighted by Gasteiger charge is 2.45. The smallest absolute Gasteiger partial charge is 0.347 e. The van der Waals surface area contributed by atoms with Crippen molar-refractivity contribution in [3.05, 3.63) is 92.8 Å². The first-order chi connectivity index (χ1) is 21.2. The van der Waals surface area contributed by atoms with Crippen molar-refractivity contribution in [2.45, 2.75) is 75.0 Å². The molecule has 2 aliphatic rings. The lowest BCUT2D eigenvalue weighted by atomic mass is 9.81. The second-order valence-corrected chi connectivity index (χ2v) is 11.9. The summed E-state index contributed by atoms with van der Waals surface area (Å²) < 4.78 is 3.81. The third-order valence-corrected chi connectivity index (χ3v) is 9.05. The van der Waals surface area contributed by atoms with Crippen LogP contribution in [0.3, 0.4) is 0 Å². The quantitative estimate of drug-likeness (QED) is 0.249. The standard InChI is InChI=1S/C32H41N7O5/c1-37-30(43)38-26(16-17-32(39(38)31(37)44)18-20-34-21-19-32)29(42)36-25(15-13-23-10-6-3-7-11-23)28(41)35-24(27(33)40)14-12-22-8-4-2-5-9-22/h2-11,24-26,34H,12-21H2,1H3,(H2,33,40)(H,35,41)(H,36,42)/t24-,25-,26?/m0/s1. The average Bonchev–Trinajstić information content (AvgIpc) is 3.27. The second-order valence-electron chi connectivity index (χ2n) is 11.9. The predicted octanol–water partition coefficient (Wildman–Crippen LogP) is 0.483. The number of hydrogen-bond acceptors (Lipinski definition) is 6. The molecule has 3 atom stereocenters. The number of piperidine rings is 1. The van der Waals surface area contributed by atoms with Gasteiger partial charge in [-0.05, 0) is 75.6 Å². The Morgan fingerprint density at radius 2 is 1.43 bits per heavy atom. The normalized spacial score (nSPS) is 18.6. The van der Waals surface area contributed by atoms with E-state index in [4.69, 9.17) is 5.73 Å². The lowest BCUT2D eigenvalue weighted by Gasteiger charge is -2.44. The van der Waals surface area contributed by atoms with Gasteiger partial charge in [-0.1, -0.05) is 60.7 Å². The number of amides is 3. The van der Waals surface area contributed by atoms with Crippen molar-refractivity contribution in [3.8, 4) is 0 Å².